The standard InChI is InChI=1S/C20H22N2O5/c1-3-14-6-4-5-7-16(14)22-18(24)11-21-19(25)12-27-20(26)15-10-13(2)8-9-17(15)23/h4-10,23H,3,11-12H2,1-2H3,(H,21,25)(H,22,24). The van der Waals surface area contributed by atoms with Crippen LogP contribution in [0.25, 0.3) is 0 Å². The van der Waals surface area contributed by atoms with Gasteiger partial charge < -0.3 is 20.5 Å². The maximum absolute atomic E-state index is 12.0. The topological polar surface area (TPSA) is 105 Å². The summed E-state index contributed by atoms with van der Waals surface area (Å²) in [5, 5.41) is 14.8. The van der Waals surface area contributed by atoms with Crippen molar-refractivity contribution in [1.29, 1.82) is 0 Å². The van der Waals surface area contributed by atoms with Crippen LogP contribution in [-0.2, 0) is 20.7 Å². The number of amides is 2. The molecule has 0 atom stereocenters. The fraction of sp³-hybridized carbons (Fsp3) is 0.250. The van der Waals surface area contributed by atoms with Crippen molar-refractivity contribution in [2.24, 2.45) is 0 Å². The number of esters is 1. The average molecular weight is 370 g/mol. The molecule has 142 valence electrons. The van der Waals surface area contributed by atoms with E-state index in [1.165, 1.54) is 12.1 Å². The molecule has 2 rings (SSSR count). The highest BCUT2D eigenvalue weighted by Crippen LogP contribution is 2.19. The fourth-order valence-corrected chi connectivity index (χ4v) is 2.40. The van der Waals surface area contributed by atoms with Crippen molar-refractivity contribution in [1.82, 2.24) is 5.32 Å². The zero-order chi connectivity index (χ0) is 19.8. The molecular formula is C20H22N2O5. The number of anilines is 1. The van der Waals surface area contributed by atoms with E-state index >= 15 is 0 Å². The highest BCUT2D eigenvalue weighted by Gasteiger charge is 2.15. The van der Waals surface area contributed by atoms with Gasteiger partial charge in [-0.3, -0.25) is 9.59 Å². The minimum absolute atomic E-state index is 0.0169. The third-order valence-corrected chi connectivity index (χ3v) is 3.82. The van der Waals surface area contributed by atoms with E-state index in [1.807, 2.05) is 25.1 Å². The SMILES string of the molecule is CCc1ccccc1NC(=O)CNC(=O)COC(=O)c1cc(C)ccc1O. The van der Waals surface area contributed by atoms with Crippen molar-refractivity contribution in [3.8, 4) is 5.75 Å². The molecule has 0 heterocycles. The summed E-state index contributed by atoms with van der Waals surface area (Å²) < 4.78 is 4.87. The second kappa shape index (κ2) is 9.38. The second-order valence-electron chi connectivity index (χ2n) is 5.93. The van der Waals surface area contributed by atoms with Gasteiger partial charge in [0.1, 0.15) is 11.3 Å². The number of phenolic OH excluding ortho intramolecular Hbond substituents is 1. The van der Waals surface area contributed by atoms with E-state index in [1.54, 1.807) is 19.1 Å². The molecule has 0 fully saturated rings. The first-order valence-electron chi connectivity index (χ1n) is 8.52. The number of rotatable bonds is 7. The van der Waals surface area contributed by atoms with Crippen molar-refractivity contribution in [3.05, 3.63) is 59.2 Å². The summed E-state index contributed by atoms with van der Waals surface area (Å²) in [6.07, 6.45) is 0.768. The van der Waals surface area contributed by atoms with Crippen molar-refractivity contribution < 1.29 is 24.2 Å². The molecule has 2 aromatic rings. The lowest BCUT2D eigenvalue weighted by Gasteiger charge is -2.11. The zero-order valence-corrected chi connectivity index (χ0v) is 15.2. The van der Waals surface area contributed by atoms with Crippen LogP contribution in [0, 0.1) is 6.92 Å². The molecule has 0 aliphatic rings. The maximum atomic E-state index is 12.0. The quantitative estimate of drug-likeness (QED) is 0.648. The molecule has 27 heavy (non-hydrogen) atoms. The smallest absolute Gasteiger partial charge is 0.342 e. The molecule has 2 amide bonds. The Morgan fingerprint density at radius 2 is 1.81 bits per heavy atom. The van der Waals surface area contributed by atoms with Gasteiger partial charge in [0.15, 0.2) is 6.61 Å². The highest BCUT2D eigenvalue weighted by atomic mass is 16.5. The number of aromatic hydroxyl groups is 1. The monoisotopic (exact) mass is 370 g/mol. The van der Waals surface area contributed by atoms with Crippen LogP contribution < -0.4 is 10.6 Å². The summed E-state index contributed by atoms with van der Waals surface area (Å²) in [6, 6.07) is 11.9. The summed E-state index contributed by atoms with van der Waals surface area (Å²) >= 11 is 0. The number of benzene rings is 2. The Morgan fingerprint density at radius 3 is 2.56 bits per heavy atom. The average Bonchev–Trinajstić information content (AvgIpc) is 2.66. The van der Waals surface area contributed by atoms with Crippen LogP contribution in [0.5, 0.6) is 5.75 Å². The van der Waals surface area contributed by atoms with Gasteiger partial charge in [0.25, 0.3) is 5.91 Å². The summed E-state index contributed by atoms with van der Waals surface area (Å²) in [5.74, 6) is -2.03. The van der Waals surface area contributed by atoms with E-state index in [9.17, 15) is 19.5 Å². The van der Waals surface area contributed by atoms with Gasteiger partial charge in [-0.1, -0.05) is 36.8 Å². The number of ether oxygens (including phenoxy) is 1. The molecule has 0 bridgehead atoms. The number of aryl methyl sites for hydroxylation is 2. The molecule has 0 saturated heterocycles. The van der Waals surface area contributed by atoms with Crippen LogP contribution >= 0.6 is 0 Å². The molecular weight excluding hydrogens is 348 g/mol. The Bertz CT molecular complexity index is 848. The Morgan fingerprint density at radius 1 is 1.07 bits per heavy atom. The molecule has 0 radical (unpaired) electrons. The Kier molecular flexibility index (Phi) is 6.93. The third kappa shape index (κ3) is 5.85. The lowest BCUT2D eigenvalue weighted by molar-refractivity contribution is -0.126. The van der Waals surface area contributed by atoms with Gasteiger partial charge in [-0.15, -0.1) is 0 Å². The molecule has 0 spiro atoms. The van der Waals surface area contributed by atoms with Crippen LogP contribution in [0.2, 0.25) is 0 Å². The number of phenols is 1. The maximum Gasteiger partial charge on any atom is 0.342 e. The zero-order valence-electron chi connectivity index (χ0n) is 15.2. The van der Waals surface area contributed by atoms with Crippen LogP contribution in [0.4, 0.5) is 5.69 Å². The van der Waals surface area contributed by atoms with Crippen LogP contribution in [0.1, 0.15) is 28.4 Å². The number of para-hydroxylation sites is 1. The summed E-state index contributed by atoms with van der Waals surface area (Å²) in [6.45, 7) is 2.94. The first-order chi connectivity index (χ1) is 12.9. The molecule has 0 unspecified atom stereocenters. The largest absolute Gasteiger partial charge is 0.507 e. The Hall–Kier alpha value is -3.35. The van der Waals surface area contributed by atoms with Crippen LogP contribution in [0.3, 0.4) is 0 Å². The molecule has 0 aromatic heterocycles. The molecule has 7 nitrogen and oxygen atoms in total. The van der Waals surface area contributed by atoms with Crippen molar-refractivity contribution in [2.75, 3.05) is 18.5 Å². The number of nitrogens with one attached hydrogen (secondary N) is 2. The molecule has 2 aromatic carbocycles. The van der Waals surface area contributed by atoms with E-state index in [0.717, 1.165) is 17.5 Å². The fourth-order valence-electron chi connectivity index (χ4n) is 2.40. The van der Waals surface area contributed by atoms with Gasteiger partial charge in [-0.2, -0.15) is 0 Å². The third-order valence-electron chi connectivity index (χ3n) is 3.82. The van der Waals surface area contributed by atoms with Crippen molar-refractivity contribution >= 4 is 23.5 Å². The van der Waals surface area contributed by atoms with E-state index in [2.05, 4.69) is 10.6 Å². The van der Waals surface area contributed by atoms with Gasteiger partial charge in [0.05, 0.1) is 6.54 Å². The van der Waals surface area contributed by atoms with Crippen LogP contribution in [0.15, 0.2) is 42.5 Å². The number of carbonyl (C=O) groups excluding carboxylic acids is 3. The summed E-state index contributed by atoms with van der Waals surface area (Å²) in [4.78, 5) is 35.7. The molecule has 7 heteroatoms. The van der Waals surface area contributed by atoms with Gasteiger partial charge in [0.2, 0.25) is 5.91 Å². The number of carbonyl (C=O) groups is 3. The highest BCUT2D eigenvalue weighted by molar-refractivity contribution is 5.96. The van der Waals surface area contributed by atoms with E-state index in [0.29, 0.717) is 5.69 Å². The molecule has 0 aliphatic heterocycles. The van der Waals surface area contributed by atoms with Gasteiger partial charge in [0, 0.05) is 5.69 Å². The van der Waals surface area contributed by atoms with Gasteiger partial charge in [-0.25, -0.2) is 4.79 Å². The minimum atomic E-state index is -0.812. The van der Waals surface area contributed by atoms with Crippen LogP contribution in [-0.4, -0.2) is 36.0 Å². The van der Waals surface area contributed by atoms with Gasteiger partial charge >= 0.3 is 5.97 Å². The van der Waals surface area contributed by atoms with E-state index in [-0.39, 0.29) is 23.8 Å². The second-order valence-corrected chi connectivity index (χ2v) is 5.93. The Balaban J connectivity index is 1.79. The predicted molar refractivity (Wildman–Crippen MR) is 101 cm³/mol. The summed E-state index contributed by atoms with van der Waals surface area (Å²) in [5.41, 5.74) is 2.44. The molecule has 3 N–H and O–H groups in total. The normalized spacial score (nSPS) is 10.1. The first-order valence-corrected chi connectivity index (χ1v) is 8.52. The van der Waals surface area contributed by atoms with Crippen molar-refractivity contribution in [3.63, 3.8) is 0 Å². The van der Waals surface area contributed by atoms with E-state index < -0.39 is 18.5 Å². The molecule has 0 saturated carbocycles. The first kappa shape index (κ1) is 20.0. The minimum Gasteiger partial charge on any atom is -0.507 e. The van der Waals surface area contributed by atoms with E-state index in [4.69, 9.17) is 4.74 Å². The molecule has 0 aliphatic carbocycles. The van der Waals surface area contributed by atoms with Crippen molar-refractivity contribution in [2.45, 2.75) is 20.3 Å². The number of hydrogen-bond acceptors (Lipinski definition) is 5. The Labute approximate surface area is 157 Å². The lowest BCUT2D eigenvalue weighted by Crippen LogP contribution is -2.35. The number of hydrogen-bond donors (Lipinski definition) is 3. The predicted octanol–water partition coefficient (Wildman–Crippen LogP) is 2.17. The lowest BCUT2D eigenvalue weighted by atomic mass is 10.1. The summed E-state index contributed by atoms with van der Waals surface area (Å²) in [7, 11) is 0. The van der Waals surface area contributed by atoms with Gasteiger partial charge in [-0.05, 0) is 37.1 Å².